The highest BCUT2D eigenvalue weighted by molar-refractivity contribution is 5.94. The van der Waals surface area contributed by atoms with Gasteiger partial charge in [-0.2, -0.15) is 5.10 Å². The first-order valence-corrected chi connectivity index (χ1v) is 10.8. The lowest BCUT2D eigenvalue weighted by Crippen LogP contribution is -2.45. The van der Waals surface area contributed by atoms with Crippen LogP contribution in [-0.2, 0) is 6.54 Å². The highest BCUT2D eigenvalue weighted by Gasteiger charge is 2.24. The van der Waals surface area contributed by atoms with Gasteiger partial charge < -0.3 is 15.0 Å². The molecule has 6 heteroatoms. The van der Waals surface area contributed by atoms with Crippen molar-refractivity contribution in [2.24, 2.45) is 0 Å². The average molecular weight is 419 g/mol. The van der Waals surface area contributed by atoms with Gasteiger partial charge in [-0.25, -0.2) is 0 Å². The number of likely N-dealkylation sites (tertiary alicyclic amines) is 1. The quantitative estimate of drug-likeness (QED) is 0.649. The number of methoxy groups -OCH3 is 1. The summed E-state index contributed by atoms with van der Waals surface area (Å²) in [5.74, 6) is 0.936. The van der Waals surface area contributed by atoms with E-state index in [9.17, 15) is 4.79 Å². The molecule has 1 aliphatic rings. The fourth-order valence-electron chi connectivity index (χ4n) is 4.15. The van der Waals surface area contributed by atoms with Crippen molar-refractivity contribution in [3.05, 3.63) is 77.1 Å². The van der Waals surface area contributed by atoms with Gasteiger partial charge >= 0.3 is 0 Å². The van der Waals surface area contributed by atoms with Gasteiger partial charge in [-0.05, 0) is 74.7 Å². The number of rotatable bonds is 6. The molecule has 2 heterocycles. The molecule has 0 spiro atoms. The molecule has 0 aliphatic carbocycles. The number of nitrogens with one attached hydrogen (secondary N) is 1. The summed E-state index contributed by atoms with van der Waals surface area (Å²) in [6.07, 6.45) is 2.05. The van der Waals surface area contributed by atoms with Crippen LogP contribution in [0.4, 0.5) is 5.69 Å². The minimum atomic E-state index is 0.0962. The Morgan fingerprint density at radius 2 is 1.87 bits per heavy atom. The molecule has 0 unspecified atom stereocenters. The number of nitrogens with zero attached hydrogens (tertiary/aromatic N) is 3. The van der Waals surface area contributed by atoms with E-state index in [-0.39, 0.29) is 11.9 Å². The molecule has 1 atom stereocenters. The number of aromatic nitrogens is 2. The lowest BCUT2D eigenvalue weighted by atomic mass is 10.0. The van der Waals surface area contributed by atoms with Gasteiger partial charge in [-0.1, -0.05) is 12.1 Å². The van der Waals surface area contributed by atoms with Crippen molar-refractivity contribution in [3.8, 4) is 5.75 Å². The second kappa shape index (κ2) is 9.25. The van der Waals surface area contributed by atoms with Gasteiger partial charge in [-0.3, -0.25) is 9.48 Å². The van der Waals surface area contributed by atoms with Crippen LogP contribution in [0.2, 0.25) is 0 Å². The highest BCUT2D eigenvalue weighted by atomic mass is 16.5. The molecular formula is C25H30N4O2. The molecule has 0 saturated carbocycles. The monoisotopic (exact) mass is 418 g/mol. The Bertz CT molecular complexity index is 1020. The fraction of sp³-hybridized carbons (Fsp3) is 0.360. The first kappa shape index (κ1) is 21.0. The molecule has 1 aliphatic heterocycles. The molecule has 162 valence electrons. The minimum Gasteiger partial charge on any atom is -0.497 e. The number of anilines is 1. The summed E-state index contributed by atoms with van der Waals surface area (Å²) in [5.41, 5.74) is 5.09. The summed E-state index contributed by atoms with van der Waals surface area (Å²) in [7, 11) is 1.67. The standard InChI is InChI=1S/C25H30N4O2/c1-18-15-19(2)29(27-18)16-20-6-8-21(9-7-20)25(30)28-14-4-5-23(17-28)26-22-10-12-24(31-3)13-11-22/h6-13,15,23,26H,4-5,14,16-17H2,1-3H3/t23-/m0/s1. The van der Waals surface area contributed by atoms with E-state index in [0.717, 1.165) is 53.3 Å². The Hall–Kier alpha value is -3.28. The first-order chi connectivity index (χ1) is 15.0. The Labute approximate surface area is 183 Å². The van der Waals surface area contributed by atoms with Gasteiger partial charge in [-0.15, -0.1) is 0 Å². The van der Waals surface area contributed by atoms with Gasteiger partial charge in [0.25, 0.3) is 5.91 Å². The Morgan fingerprint density at radius 1 is 1.13 bits per heavy atom. The maximum absolute atomic E-state index is 13.1. The summed E-state index contributed by atoms with van der Waals surface area (Å²) in [4.78, 5) is 15.0. The van der Waals surface area contributed by atoms with Crippen LogP contribution in [0.1, 0.15) is 40.2 Å². The number of benzene rings is 2. The molecule has 6 nitrogen and oxygen atoms in total. The summed E-state index contributed by atoms with van der Waals surface area (Å²) in [6.45, 7) is 6.28. The number of carbonyl (C=O) groups is 1. The second-order valence-corrected chi connectivity index (χ2v) is 8.24. The smallest absolute Gasteiger partial charge is 0.253 e. The number of aryl methyl sites for hydroxylation is 2. The van der Waals surface area contributed by atoms with Crippen molar-refractivity contribution < 1.29 is 9.53 Å². The molecule has 1 fully saturated rings. The average Bonchev–Trinajstić information content (AvgIpc) is 3.11. The van der Waals surface area contributed by atoms with E-state index in [1.54, 1.807) is 7.11 Å². The topological polar surface area (TPSA) is 59.4 Å². The highest BCUT2D eigenvalue weighted by Crippen LogP contribution is 2.20. The van der Waals surface area contributed by atoms with Crippen molar-refractivity contribution in [2.45, 2.75) is 39.3 Å². The van der Waals surface area contributed by atoms with Crippen LogP contribution in [0.3, 0.4) is 0 Å². The summed E-state index contributed by atoms with van der Waals surface area (Å²) < 4.78 is 7.21. The summed E-state index contributed by atoms with van der Waals surface area (Å²) in [6, 6.07) is 18.2. The van der Waals surface area contributed by atoms with Crippen LogP contribution in [0.25, 0.3) is 0 Å². The zero-order chi connectivity index (χ0) is 21.8. The van der Waals surface area contributed by atoms with Crippen LogP contribution in [0.5, 0.6) is 5.75 Å². The van der Waals surface area contributed by atoms with Gasteiger partial charge in [0.2, 0.25) is 0 Å². The fourth-order valence-corrected chi connectivity index (χ4v) is 4.15. The maximum atomic E-state index is 13.1. The first-order valence-electron chi connectivity index (χ1n) is 10.8. The van der Waals surface area contributed by atoms with Crippen molar-refractivity contribution in [1.29, 1.82) is 0 Å². The van der Waals surface area contributed by atoms with Crippen LogP contribution < -0.4 is 10.1 Å². The SMILES string of the molecule is COc1ccc(N[C@H]2CCCN(C(=O)c3ccc(Cn4nc(C)cc4C)cc3)C2)cc1. The molecule has 1 amide bonds. The van der Waals surface area contributed by atoms with E-state index in [1.165, 1.54) is 0 Å². The largest absolute Gasteiger partial charge is 0.497 e. The van der Waals surface area contributed by atoms with Gasteiger partial charge in [0.05, 0.1) is 19.3 Å². The van der Waals surface area contributed by atoms with E-state index in [2.05, 4.69) is 23.4 Å². The number of hydrogen-bond donors (Lipinski definition) is 1. The molecule has 0 radical (unpaired) electrons. The Morgan fingerprint density at radius 3 is 2.52 bits per heavy atom. The molecule has 1 N–H and O–H groups in total. The molecular weight excluding hydrogens is 388 g/mol. The third kappa shape index (κ3) is 5.08. The number of carbonyl (C=O) groups excluding carboxylic acids is 1. The third-order valence-corrected chi connectivity index (χ3v) is 5.81. The number of piperidine rings is 1. The van der Waals surface area contributed by atoms with Gasteiger partial charge in [0.1, 0.15) is 5.75 Å². The molecule has 0 bridgehead atoms. The van der Waals surface area contributed by atoms with Crippen molar-refractivity contribution >= 4 is 11.6 Å². The predicted octanol–water partition coefficient (Wildman–Crippen LogP) is 4.27. The number of amides is 1. The Kier molecular flexibility index (Phi) is 6.26. The number of ether oxygens (including phenoxy) is 1. The lowest BCUT2D eigenvalue weighted by Gasteiger charge is -2.34. The Balaban J connectivity index is 1.37. The predicted molar refractivity (Wildman–Crippen MR) is 123 cm³/mol. The third-order valence-electron chi connectivity index (χ3n) is 5.81. The van der Waals surface area contributed by atoms with E-state index >= 15 is 0 Å². The van der Waals surface area contributed by atoms with E-state index < -0.39 is 0 Å². The van der Waals surface area contributed by atoms with Gasteiger partial charge in [0.15, 0.2) is 0 Å². The van der Waals surface area contributed by atoms with E-state index in [4.69, 9.17) is 4.74 Å². The van der Waals surface area contributed by atoms with Crippen LogP contribution in [0, 0.1) is 13.8 Å². The van der Waals surface area contributed by atoms with E-state index in [1.807, 2.05) is 65.0 Å². The maximum Gasteiger partial charge on any atom is 0.253 e. The summed E-state index contributed by atoms with van der Waals surface area (Å²) in [5, 5.41) is 8.07. The molecule has 1 saturated heterocycles. The normalized spacial score (nSPS) is 16.2. The van der Waals surface area contributed by atoms with Crippen molar-refractivity contribution in [3.63, 3.8) is 0 Å². The molecule has 31 heavy (non-hydrogen) atoms. The molecule has 3 aromatic rings. The minimum absolute atomic E-state index is 0.0962. The van der Waals surface area contributed by atoms with Crippen LogP contribution >= 0.6 is 0 Å². The van der Waals surface area contributed by atoms with Crippen LogP contribution in [-0.4, -0.2) is 46.8 Å². The molecule has 2 aromatic carbocycles. The molecule has 4 rings (SSSR count). The van der Waals surface area contributed by atoms with Crippen LogP contribution in [0.15, 0.2) is 54.6 Å². The zero-order valence-corrected chi connectivity index (χ0v) is 18.5. The second-order valence-electron chi connectivity index (χ2n) is 8.24. The lowest BCUT2D eigenvalue weighted by molar-refractivity contribution is 0.0715. The summed E-state index contributed by atoms with van der Waals surface area (Å²) >= 11 is 0. The van der Waals surface area contributed by atoms with Crippen molar-refractivity contribution in [2.75, 3.05) is 25.5 Å². The van der Waals surface area contributed by atoms with Gasteiger partial charge in [0, 0.05) is 36.1 Å². The van der Waals surface area contributed by atoms with E-state index in [0.29, 0.717) is 13.1 Å². The van der Waals surface area contributed by atoms with Crippen molar-refractivity contribution in [1.82, 2.24) is 14.7 Å². The zero-order valence-electron chi connectivity index (χ0n) is 18.5. The molecule has 1 aromatic heterocycles. The number of hydrogen-bond acceptors (Lipinski definition) is 4.